The van der Waals surface area contributed by atoms with Gasteiger partial charge in [0.05, 0.1) is 29.8 Å². The molecule has 0 bridgehead atoms. The van der Waals surface area contributed by atoms with E-state index in [4.69, 9.17) is 5.73 Å². The molecule has 0 spiro atoms. The number of hydrogen-bond acceptors (Lipinski definition) is 5. The number of aliphatic hydroxyl groups excluding tert-OH is 1. The molecule has 0 fully saturated rings. The normalized spacial score (nSPS) is 11.4. The molecule has 7 nitrogen and oxygen atoms in total. The van der Waals surface area contributed by atoms with Gasteiger partial charge in [0.2, 0.25) is 11.8 Å². The maximum atomic E-state index is 12.5. The van der Waals surface area contributed by atoms with Crippen molar-refractivity contribution in [2.45, 2.75) is 24.5 Å². The number of rotatable bonds is 7. The summed E-state index contributed by atoms with van der Waals surface area (Å²) in [6.45, 7) is -0.544. The van der Waals surface area contributed by atoms with E-state index in [-0.39, 0.29) is 24.6 Å². The fourth-order valence-electron chi connectivity index (χ4n) is 2.03. The van der Waals surface area contributed by atoms with Crippen molar-refractivity contribution in [1.82, 2.24) is 9.55 Å². The van der Waals surface area contributed by atoms with Gasteiger partial charge in [0.25, 0.3) is 0 Å². The quantitative estimate of drug-likeness (QED) is 0.624. The van der Waals surface area contributed by atoms with E-state index >= 15 is 0 Å². The number of nitrogens with zero attached hydrogens (tertiary/aromatic N) is 2. The van der Waals surface area contributed by atoms with Crippen molar-refractivity contribution in [2.75, 3.05) is 11.1 Å². The Balaban J connectivity index is 1.97. The standard InChI is InChI=1S/C15H15F3N4O3S/c16-15(17,18)9-1-3-10(4-2-9)21-13(25)8-26-14-20-5-11(7-23)22(14)6-12(19)24/h1-5,23H,6-8H2,(H2,19,24)(H,21,25). The molecule has 2 aromatic rings. The molecule has 26 heavy (non-hydrogen) atoms. The predicted octanol–water partition coefficient (Wildman–Crippen LogP) is 1.61. The van der Waals surface area contributed by atoms with Crippen LogP contribution in [0.5, 0.6) is 0 Å². The number of halogens is 3. The number of aliphatic hydroxyl groups is 1. The molecule has 1 aromatic carbocycles. The minimum Gasteiger partial charge on any atom is -0.390 e. The lowest BCUT2D eigenvalue weighted by Crippen LogP contribution is -2.21. The molecule has 2 amide bonds. The number of aromatic nitrogens is 2. The molecule has 11 heteroatoms. The lowest BCUT2D eigenvalue weighted by Gasteiger charge is -2.10. The van der Waals surface area contributed by atoms with Crippen molar-refractivity contribution < 1.29 is 27.9 Å². The van der Waals surface area contributed by atoms with Gasteiger partial charge < -0.3 is 20.7 Å². The maximum absolute atomic E-state index is 12.5. The van der Waals surface area contributed by atoms with Gasteiger partial charge in [-0.15, -0.1) is 0 Å². The van der Waals surface area contributed by atoms with E-state index in [2.05, 4.69) is 10.3 Å². The number of alkyl halides is 3. The van der Waals surface area contributed by atoms with Crippen LogP contribution in [0, 0.1) is 0 Å². The summed E-state index contributed by atoms with van der Waals surface area (Å²) in [5.41, 5.74) is 4.92. The van der Waals surface area contributed by atoms with Gasteiger partial charge in [-0.05, 0) is 24.3 Å². The first kappa shape index (κ1) is 19.8. The van der Waals surface area contributed by atoms with E-state index in [1.807, 2.05) is 0 Å². The molecule has 0 aliphatic rings. The highest BCUT2D eigenvalue weighted by molar-refractivity contribution is 7.99. The van der Waals surface area contributed by atoms with Gasteiger partial charge >= 0.3 is 6.18 Å². The van der Waals surface area contributed by atoms with Crippen molar-refractivity contribution in [3.8, 4) is 0 Å². The Morgan fingerprint density at radius 3 is 2.46 bits per heavy atom. The Labute approximate surface area is 150 Å². The maximum Gasteiger partial charge on any atom is 0.416 e. The molecule has 0 atom stereocenters. The van der Waals surface area contributed by atoms with Gasteiger partial charge in [-0.2, -0.15) is 13.2 Å². The van der Waals surface area contributed by atoms with Gasteiger partial charge in [-0.25, -0.2) is 4.98 Å². The van der Waals surface area contributed by atoms with Gasteiger partial charge in [0, 0.05) is 5.69 Å². The molecular weight excluding hydrogens is 373 g/mol. The number of imidazole rings is 1. The molecule has 0 aliphatic heterocycles. The molecule has 0 saturated heterocycles. The second kappa shape index (κ2) is 8.23. The number of benzene rings is 1. The minimum absolute atomic E-state index is 0.0956. The SMILES string of the molecule is NC(=O)Cn1c(CO)cnc1SCC(=O)Nc1ccc(C(F)(F)F)cc1. The second-order valence-electron chi connectivity index (χ2n) is 5.15. The number of hydrogen-bond donors (Lipinski definition) is 3. The third-order valence-corrected chi connectivity index (χ3v) is 4.20. The summed E-state index contributed by atoms with van der Waals surface area (Å²) in [6, 6.07) is 4.05. The number of anilines is 1. The molecule has 2 rings (SSSR count). The molecule has 0 unspecified atom stereocenters. The minimum atomic E-state index is -4.44. The molecule has 1 aromatic heterocycles. The van der Waals surface area contributed by atoms with E-state index < -0.39 is 23.6 Å². The van der Waals surface area contributed by atoms with Crippen LogP contribution in [0.25, 0.3) is 0 Å². The summed E-state index contributed by atoms with van der Waals surface area (Å²) in [6.07, 6.45) is -3.08. The van der Waals surface area contributed by atoms with Gasteiger partial charge in [0.15, 0.2) is 5.16 Å². The van der Waals surface area contributed by atoms with Crippen LogP contribution in [0.15, 0.2) is 35.6 Å². The first-order valence-electron chi connectivity index (χ1n) is 7.24. The van der Waals surface area contributed by atoms with E-state index in [1.54, 1.807) is 0 Å². The van der Waals surface area contributed by atoms with Crippen LogP contribution in [0.3, 0.4) is 0 Å². The molecule has 0 saturated carbocycles. The first-order valence-corrected chi connectivity index (χ1v) is 8.22. The predicted molar refractivity (Wildman–Crippen MR) is 88.1 cm³/mol. The summed E-state index contributed by atoms with van der Waals surface area (Å²) >= 11 is 1.00. The molecule has 0 aliphatic carbocycles. The van der Waals surface area contributed by atoms with Gasteiger partial charge in [0.1, 0.15) is 6.54 Å². The number of amides is 2. The van der Waals surface area contributed by atoms with Crippen LogP contribution in [0.4, 0.5) is 18.9 Å². The van der Waals surface area contributed by atoms with Crippen molar-refractivity contribution in [2.24, 2.45) is 5.73 Å². The van der Waals surface area contributed by atoms with Gasteiger partial charge in [-0.1, -0.05) is 11.8 Å². The zero-order valence-corrected chi connectivity index (χ0v) is 14.1. The van der Waals surface area contributed by atoms with E-state index in [1.165, 1.54) is 10.8 Å². The average molecular weight is 388 g/mol. The van der Waals surface area contributed by atoms with E-state index in [0.717, 1.165) is 36.0 Å². The van der Waals surface area contributed by atoms with Crippen molar-refractivity contribution in [3.63, 3.8) is 0 Å². The summed E-state index contributed by atoms with van der Waals surface area (Å²) in [4.78, 5) is 27.0. The Bertz CT molecular complexity index is 790. The highest BCUT2D eigenvalue weighted by atomic mass is 32.2. The molecule has 0 radical (unpaired) electrons. The fourth-order valence-corrected chi connectivity index (χ4v) is 2.83. The number of primary amides is 1. The van der Waals surface area contributed by atoms with Crippen molar-refractivity contribution in [3.05, 3.63) is 41.7 Å². The van der Waals surface area contributed by atoms with Crippen molar-refractivity contribution in [1.29, 1.82) is 0 Å². The highest BCUT2D eigenvalue weighted by Crippen LogP contribution is 2.29. The number of carbonyl (C=O) groups is 2. The average Bonchev–Trinajstić information content (AvgIpc) is 2.93. The largest absolute Gasteiger partial charge is 0.416 e. The second-order valence-corrected chi connectivity index (χ2v) is 6.10. The molecule has 140 valence electrons. The molecular formula is C15H15F3N4O3S. The first-order chi connectivity index (χ1) is 12.2. The van der Waals surface area contributed by atoms with Crippen LogP contribution in [-0.2, 0) is 28.9 Å². The number of nitrogens with two attached hydrogens (primary N) is 1. The monoisotopic (exact) mass is 388 g/mol. The van der Waals surface area contributed by atoms with E-state index in [9.17, 15) is 27.9 Å². The lowest BCUT2D eigenvalue weighted by atomic mass is 10.2. The van der Waals surface area contributed by atoms with Gasteiger partial charge in [-0.3, -0.25) is 9.59 Å². The van der Waals surface area contributed by atoms with Crippen LogP contribution < -0.4 is 11.1 Å². The van der Waals surface area contributed by atoms with Crippen LogP contribution in [0.1, 0.15) is 11.3 Å². The van der Waals surface area contributed by atoms with Crippen LogP contribution in [0.2, 0.25) is 0 Å². The topological polar surface area (TPSA) is 110 Å². The number of thioether (sulfide) groups is 1. The van der Waals surface area contributed by atoms with Crippen molar-refractivity contribution >= 4 is 29.3 Å². The number of nitrogens with one attached hydrogen (secondary N) is 1. The Hall–Kier alpha value is -2.53. The van der Waals surface area contributed by atoms with Crippen LogP contribution >= 0.6 is 11.8 Å². The Morgan fingerprint density at radius 2 is 1.92 bits per heavy atom. The molecule has 4 N–H and O–H groups in total. The third kappa shape index (κ3) is 5.23. The zero-order valence-electron chi connectivity index (χ0n) is 13.3. The van der Waals surface area contributed by atoms with Crippen LogP contribution in [-0.4, -0.2) is 32.2 Å². The highest BCUT2D eigenvalue weighted by Gasteiger charge is 2.30. The van der Waals surface area contributed by atoms with E-state index in [0.29, 0.717) is 10.9 Å². The Kier molecular flexibility index (Phi) is 6.27. The number of carbonyl (C=O) groups excluding carboxylic acids is 2. The molecule has 1 heterocycles. The summed E-state index contributed by atoms with van der Waals surface area (Å²) in [5, 5.41) is 12.0. The fraction of sp³-hybridized carbons (Fsp3) is 0.267. The third-order valence-electron chi connectivity index (χ3n) is 3.21. The lowest BCUT2D eigenvalue weighted by molar-refractivity contribution is -0.137. The smallest absolute Gasteiger partial charge is 0.390 e. The zero-order chi connectivity index (χ0) is 19.3. The summed E-state index contributed by atoms with van der Waals surface area (Å²) < 4.78 is 38.9. The summed E-state index contributed by atoms with van der Waals surface area (Å²) in [7, 11) is 0. The summed E-state index contributed by atoms with van der Waals surface area (Å²) in [5.74, 6) is -1.19. The Morgan fingerprint density at radius 1 is 1.27 bits per heavy atom.